The summed E-state index contributed by atoms with van der Waals surface area (Å²) in [6, 6.07) is 12.5. The second-order valence-corrected chi connectivity index (χ2v) is 6.37. The molecule has 7 heteroatoms. The van der Waals surface area contributed by atoms with Gasteiger partial charge in [-0.05, 0) is 29.8 Å². The normalized spacial score (nSPS) is 19.7. The number of halogens is 1. The van der Waals surface area contributed by atoms with Crippen LogP contribution in [0.5, 0.6) is 0 Å². The van der Waals surface area contributed by atoms with Gasteiger partial charge in [-0.3, -0.25) is 10.4 Å². The van der Waals surface area contributed by atoms with Crippen LogP contribution in [0.4, 0.5) is 4.39 Å². The van der Waals surface area contributed by atoms with Crippen molar-refractivity contribution >= 4 is 0 Å². The monoisotopic (exact) mass is 353 g/mol. The van der Waals surface area contributed by atoms with Crippen LogP contribution in [0.2, 0.25) is 0 Å². The zero-order chi connectivity index (χ0) is 17.8. The van der Waals surface area contributed by atoms with Gasteiger partial charge in [-0.25, -0.2) is 9.82 Å². The Morgan fingerprint density at radius 3 is 2.92 bits per heavy atom. The van der Waals surface area contributed by atoms with Crippen molar-refractivity contribution in [2.75, 3.05) is 13.1 Å². The van der Waals surface area contributed by atoms with Gasteiger partial charge in [0.15, 0.2) is 5.76 Å². The number of hydrogen-bond acceptors (Lipinski definition) is 6. The molecule has 1 saturated heterocycles. The van der Waals surface area contributed by atoms with Gasteiger partial charge in [0, 0.05) is 43.0 Å². The molecule has 4 rings (SSSR count). The molecule has 1 aliphatic heterocycles. The number of hydrogen-bond donors (Lipinski definition) is 3. The van der Waals surface area contributed by atoms with Gasteiger partial charge in [0.1, 0.15) is 11.5 Å². The van der Waals surface area contributed by atoms with E-state index in [1.54, 1.807) is 12.4 Å². The van der Waals surface area contributed by atoms with Gasteiger partial charge in [0.25, 0.3) is 0 Å². The summed E-state index contributed by atoms with van der Waals surface area (Å²) in [5.74, 6) is 0.909. The number of nitrogens with zero attached hydrogens (tertiary/aromatic N) is 2. The quantitative estimate of drug-likeness (QED) is 0.632. The first-order valence-corrected chi connectivity index (χ1v) is 8.60. The highest BCUT2D eigenvalue weighted by atomic mass is 19.1. The topological polar surface area (TPSA) is 75.0 Å². The first-order chi connectivity index (χ1) is 12.8. The van der Waals surface area contributed by atoms with E-state index < -0.39 is 0 Å². The lowest BCUT2D eigenvalue weighted by Crippen LogP contribution is -2.28. The molecular weight excluding hydrogens is 333 g/mol. The van der Waals surface area contributed by atoms with Crippen LogP contribution in [-0.4, -0.2) is 23.2 Å². The first kappa shape index (κ1) is 16.8. The number of rotatable bonds is 6. The van der Waals surface area contributed by atoms with Gasteiger partial charge in [-0.15, -0.1) is 0 Å². The highest BCUT2D eigenvalue weighted by molar-refractivity contribution is 5.57. The van der Waals surface area contributed by atoms with Gasteiger partial charge in [0.05, 0.1) is 12.6 Å². The Bertz CT molecular complexity index is 837. The fourth-order valence-corrected chi connectivity index (χ4v) is 3.18. The van der Waals surface area contributed by atoms with Crippen molar-refractivity contribution in [3.8, 4) is 11.3 Å². The minimum absolute atomic E-state index is 0.142. The molecule has 0 aliphatic carbocycles. The van der Waals surface area contributed by atoms with E-state index in [0.717, 1.165) is 35.7 Å². The van der Waals surface area contributed by atoms with Crippen molar-refractivity contribution < 1.29 is 8.91 Å². The predicted molar refractivity (Wildman–Crippen MR) is 95.2 cm³/mol. The van der Waals surface area contributed by atoms with E-state index in [9.17, 15) is 4.39 Å². The SMILES string of the molecule is Fc1ccc(C2NNCC2CNCc2cc(-c3cccnc3)no2)cc1. The summed E-state index contributed by atoms with van der Waals surface area (Å²) in [6.07, 6.45) is 3.49. The van der Waals surface area contributed by atoms with Gasteiger partial charge in [-0.1, -0.05) is 17.3 Å². The summed E-state index contributed by atoms with van der Waals surface area (Å²) < 4.78 is 18.5. The van der Waals surface area contributed by atoms with Crippen molar-refractivity contribution in [1.82, 2.24) is 26.3 Å². The Balaban J connectivity index is 1.33. The number of benzene rings is 1. The molecule has 1 aliphatic rings. The molecule has 1 fully saturated rings. The van der Waals surface area contributed by atoms with Crippen LogP contribution in [0.1, 0.15) is 17.4 Å². The average molecular weight is 353 g/mol. The van der Waals surface area contributed by atoms with Gasteiger partial charge in [0.2, 0.25) is 0 Å². The zero-order valence-corrected chi connectivity index (χ0v) is 14.2. The second-order valence-electron chi connectivity index (χ2n) is 6.37. The highest BCUT2D eigenvalue weighted by Gasteiger charge is 2.27. The van der Waals surface area contributed by atoms with Crippen LogP contribution < -0.4 is 16.2 Å². The highest BCUT2D eigenvalue weighted by Crippen LogP contribution is 2.24. The van der Waals surface area contributed by atoms with E-state index in [2.05, 4.69) is 26.3 Å². The van der Waals surface area contributed by atoms with Crippen molar-refractivity contribution in [2.24, 2.45) is 5.92 Å². The molecule has 2 aromatic heterocycles. The summed E-state index contributed by atoms with van der Waals surface area (Å²) >= 11 is 0. The van der Waals surface area contributed by atoms with Crippen LogP contribution in [-0.2, 0) is 6.54 Å². The van der Waals surface area contributed by atoms with Crippen molar-refractivity contribution in [1.29, 1.82) is 0 Å². The van der Waals surface area contributed by atoms with Crippen molar-refractivity contribution in [3.05, 3.63) is 72.0 Å². The lowest BCUT2D eigenvalue weighted by molar-refractivity contribution is 0.363. The predicted octanol–water partition coefficient (Wildman–Crippen LogP) is 2.43. The van der Waals surface area contributed by atoms with Gasteiger partial charge in [-0.2, -0.15) is 0 Å². The minimum Gasteiger partial charge on any atom is -0.359 e. The van der Waals surface area contributed by atoms with Crippen molar-refractivity contribution in [3.63, 3.8) is 0 Å². The maximum absolute atomic E-state index is 13.1. The number of hydrazine groups is 1. The molecule has 0 amide bonds. The van der Waals surface area contributed by atoms with Gasteiger partial charge >= 0.3 is 0 Å². The smallest absolute Gasteiger partial charge is 0.151 e. The molecule has 2 unspecified atom stereocenters. The molecule has 0 radical (unpaired) electrons. The number of pyridine rings is 1. The van der Waals surface area contributed by atoms with E-state index in [1.807, 2.05) is 30.3 Å². The molecule has 2 atom stereocenters. The maximum Gasteiger partial charge on any atom is 0.151 e. The Kier molecular flexibility index (Phi) is 5.01. The van der Waals surface area contributed by atoms with E-state index in [4.69, 9.17) is 4.52 Å². The van der Waals surface area contributed by atoms with E-state index in [0.29, 0.717) is 12.5 Å². The van der Waals surface area contributed by atoms with Crippen LogP contribution in [0.15, 0.2) is 59.4 Å². The van der Waals surface area contributed by atoms with Crippen LogP contribution in [0.3, 0.4) is 0 Å². The Hall–Kier alpha value is -2.61. The Morgan fingerprint density at radius 2 is 2.12 bits per heavy atom. The molecule has 3 N–H and O–H groups in total. The summed E-state index contributed by atoms with van der Waals surface area (Å²) in [7, 11) is 0. The fourth-order valence-electron chi connectivity index (χ4n) is 3.18. The molecular formula is C19H20FN5O. The second kappa shape index (κ2) is 7.74. The summed E-state index contributed by atoms with van der Waals surface area (Å²) in [6.45, 7) is 2.23. The Labute approximate surface area is 150 Å². The van der Waals surface area contributed by atoms with E-state index >= 15 is 0 Å². The molecule has 6 nitrogen and oxygen atoms in total. The van der Waals surface area contributed by atoms with Crippen LogP contribution in [0.25, 0.3) is 11.3 Å². The third-order valence-electron chi connectivity index (χ3n) is 4.54. The summed E-state index contributed by atoms with van der Waals surface area (Å²) in [4.78, 5) is 4.09. The molecule has 0 spiro atoms. The molecule has 0 bridgehead atoms. The molecule has 3 heterocycles. The van der Waals surface area contributed by atoms with Gasteiger partial charge < -0.3 is 9.84 Å². The third-order valence-corrected chi connectivity index (χ3v) is 4.54. The maximum atomic E-state index is 13.1. The zero-order valence-electron chi connectivity index (χ0n) is 14.2. The van der Waals surface area contributed by atoms with Crippen LogP contribution in [0, 0.1) is 11.7 Å². The van der Waals surface area contributed by atoms with Crippen LogP contribution >= 0.6 is 0 Å². The minimum atomic E-state index is -0.218. The van der Waals surface area contributed by atoms with Crippen molar-refractivity contribution in [2.45, 2.75) is 12.6 Å². The summed E-state index contributed by atoms with van der Waals surface area (Å²) in [5, 5.41) is 7.51. The Morgan fingerprint density at radius 1 is 1.23 bits per heavy atom. The molecule has 134 valence electrons. The standard InChI is InChI=1S/C19H20FN5O/c20-16-5-3-13(4-6-16)19-15(11-23-24-19)10-22-12-17-8-18(25-26-17)14-2-1-7-21-9-14/h1-9,15,19,22-24H,10-12H2. The molecule has 26 heavy (non-hydrogen) atoms. The average Bonchev–Trinajstić information content (AvgIpc) is 3.33. The largest absolute Gasteiger partial charge is 0.359 e. The molecule has 0 saturated carbocycles. The van der Waals surface area contributed by atoms with E-state index in [-0.39, 0.29) is 11.9 Å². The molecule has 3 aromatic rings. The fraction of sp³-hybridized carbons (Fsp3) is 0.263. The number of nitrogens with one attached hydrogen (secondary N) is 3. The first-order valence-electron chi connectivity index (χ1n) is 8.60. The molecule has 1 aromatic carbocycles. The lowest BCUT2D eigenvalue weighted by Gasteiger charge is -2.19. The third kappa shape index (κ3) is 3.80. The van der Waals surface area contributed by atoms with E-state index in [1.165, 1.54) is 12.1 Å². The lowest BCUT2D eigenvalue weighted by atomic mass is 9.95. The number of aromatic nitrogens is 2. The summed E-state index contributed by atoms with van der Waals surface area (Å²) in [5.41, 5.74) is 9.23.